The zero-order valence-corrected chi connectivity index (χ0v) is 18.2. The molecule has 8 heteroatoms. The number of aromatic nitrogens is 4. The van der Waals surface area contributed by atoms with E-state index in [-0.39, 0.29) is 12.5 Å². The Bertz CT molecular complexity index is 1110. The van der Waals surface area contributed by atoms with Gasteiger partial charge in [-0.15, -0.1) is 21.5 Å². The first-order valence-corrected chi connectivity index (χ1v) is 11.0. The summed E-state index contributed by atoms with van der Waals surface area (Å²) in [6, 6.07) is 10.3. The van der Waals surface area contributed by atoms with Gasteiger partial charge < -0.3 is 5.32 Å². The topological polar surface area (TPSA) is 96.5 Å². The van der Waals surface area contributed by atoms with Crippen LogP contribution in [-0.2, 0) is 24.2 Å². The van der Waals surface area contributed by atoms with Gasteiger partial charge in [-0.1, -0.05) is 45.0 Å². The Kier molecular flexibility index (Phi) is 5.64. The highest BCUT2D eigenvalue weighted by atomic mass is 32.1. The summed E-state index contributed by atoms with van der Waals surface area (Å²) in [6.07, 6.45) is 2.94. The molecule has 0 fully saturated rings. The average molecular weight is 421 g/mol. The second kappa shape index (κ2) is 8.36. The van der Waals surface area contributed by atoms with Crippen molar-refractivity contribution in [3.8, 4) is 17.5 Å². The highest BCUT2D eigenvalue weighted by Gasteiger charge is 2.24. The lowest BCUT2D eigenvalue weighted by atomic mass is 9.89. The van der Waals surface area contributed by atoms with Crippen LogP contribution in [0.1, 0.15) is 54.7 Å². The lowest BCUT2D eigenvalue weighted by Crippen LogP contribution is -2.20. The molecule has 1 N–H and O–H groups in total. The minimum Gasteiger partial charge on any atom is -0.315 e. The van der Waals surface area contributed by atoms with Crippen molar-refractivity contribution in [2.24, 2.45) is 5.92 Å². The van der Waals surface area contributed by atoms with E-state index in [0.717, 1.165) is 30.4 Å². The lowest BCUT2D eigenvalue weighted by Gasteiger charge is -2.17. The zero-order valence-electron chi connectivity index (χ0n) is 17.3. The molecule has 1 aliphatic rings. The van der Waals surface area contributed by atoms with E-state index >= 15 is 0 Å². The van der Waals surface area contributed by atoms with Gasteiger partial charge >= 0.3 is 0 Å². The number of hydrogen-bond acceptors (Lipinski definition) is 6. The van der Waals surface area contributed by atoms with Gasteiger partial charge in [0.1, 0.15) is 17.6 Å². The molecule has 1 amide bonds. The molecule has 0 aliphatic heterocycles. The number of nitrogens with zero attached hydrogens (tertiary/aromatic N) is 5. The van der Waals surface area contributed by atoms with Gasteiger partial charge in [-0.3, -0.25) is 4.79 Å². The molecular weight excluding hydrogens is 396 g/mol. The van der Waals surface area contributed by atoms with E-state index in [0.29, 0.717) is 28.2 Å². The van der Waals surface area contributed by atoms with Gasteiger partial charge in [0.05, 0.1) is 5.56 Å². The van der Waals surface area contributed by atoms with Crippen LogP contribution in [0.15, 0.2) is 24.3 Å². The first-order valence-electron chi connectivity index (χ1n) is 10.2. The Morgan fingerprint density at radius 3 is 2.83 bits per heavy atom. The van der Waals surface area contributed by atoms with Crippen molar-refractivity contribution < 1.29 is 4.79 Å². The van der Waals surface area contributed by atoms with Crippen molar-refractivity contribution in [3.63, 3.8) is 0 Å². The lowest BCUT2D eigenvalue weighted by molar-refractivity contribution is -0.117. The Balaban J connectivity index is 1.45. The molecule has 1 atom stereocenters. The van der Waals surface area contributed by atoms with Crippen LogP contribution in [0.25, 0.3) is 11.4 Å². The third kappa shape index (κ3) is 4.12. The van der Waals surface area contributed by atoms with Crippen LogP contribution in [-0.4, -0.2) is 26.1 Å². The second-order valence-electron chi connectivity index (χ2n) is 8.14. The van der Waals surface area contributed by atoms with Crippen LogP contribution in [0.4, 0.5) is 5.00 Å². The molecule has 0 saturated heterocycles. The van der Waals surface area contributed by atoms with Crippen LogP contribution in [0.2, 0.25) is 0 Å². The summed E-state index contributed by atoms with van der Waals surface area (Å²) >= 11 is 1.51. The third-order valence-corrected chi connectivity index (χ3v) is 6.62. The van der Waals surface area contributed by atoms with E-state index in [1.54, 1.807) is 0 Å². The number of tetrazole rings is 1. The molecule has 154 valence electrons. The van der Waals surface area contributed by atoms with Crippen LogP contribution in [0, 0.1) is 17.2 Å². The first-order chi connectivity index (χ1) is 14.4. The van der Waals surface area contributed by atoms with Gasteiger partial charge in [-0.2, -0.15) is 10.1 Å². The highest BCUT2D eigenvalue weighted by Crippen LogP contribution is 2.39. The van der Waals surface area contributed by atoms with Crippen molar-refractivity contribution in [3.05, 3.63) is 45.8 Å². The number of amides is 1. The molecule has 0 unspecified atom stereocenters. The maximum absolute atomic E-state index is 12.6. The summed E-state index contributed by atoms with van der Waals surface area (Å²) in [6.45, 7) is 6.45. The zero-order chi connectivity index (χ0) is 21.3. The number of thiophene rings is 1. The number of benzene rings is 1. The summed E-state index contributed by atoms with van der Waals surface area (Å²) in [5.41, 5.74) is 3.80. The van der Waals surface area contributed by atoms with E-state index in [4.69, 9.17) is 0 Å². The number of carbonyl (C=O) groups excluding carboxylic acids is 1. The Labute approximate surface area is 179 Å². The summed E-state index contributed by atoms with van der Waals surface area (Å²) in [4.78, 5) is 15.0. The van der Waals surface area contributed by atoms with Crippen LogP contribution < -0.4 is 5.32 Å². The van der Waals surface area contributed by atoms with E-state index < -0.39 is 0 Å². The fourth-order valence-electron chi connectivity index (χ4n) is 3.69. The van der Waals surface area contributed by atoms with Crippen molar-refractivity contribution in [1.82, 2.24) is 20.2 Å². The predicted molar refractivity (Wildman–Crippen MR) is 116 cm³/mol. The molecular formula is C22H24N6OS. The predicted octanol–water partition coefficient (Wildman–Crippen LogP) is 4.16. The number of nitrogens with one attached hydrogen (secondary N) is 1. The fourth-order valence-corrected chi connectivity index (χ4v) is 5.07. The molecule has 4 rings (SSSR count). The number of nitriles is 1. The Morgan fingerprint density at radius 2 is 2.13 bits per heavy atom. The Hall–Kier alpha value is -3.05. The normalized spacial score (nSPS) is 15.6. The molecule has 1 aromatic carbocycles. The minimum atomic E-state index is -0.266. The third-order valence-electron chi connectivity index (χ3n) is 5.45. The van der Waals surface area contributed by atoms with Gasteiger partial charge in [-0.25, -0.2) is 0 Å². The van der Waals surface area contributed by atoms with Crippen LogP contribution in [0.3, 0.4) is 0 Å². The summed E-state index contributed by atoms with van der Waals surface area (Å²) in [7, 11) is 0. The number of anilines is 1. The van der Waals surface area contributed by atoms with Gasteiger partial charge in [0.2, 0.25) is 11.7 Å². The molecule has 0 saturated carbocycles. The molecule has 0 spiro atoms. The van der Waals surface area contributed by atoms with Gasteiger partial charge in [0, 0.05) is 10.4 Å². The quantitative estimate of drug-likeness (QED) is 0.668. The number of hydrogen-bond donors (Lipinski definition) is 1. The van der Waals surface area contributed by atoms with E-state index in [1.165, 1.54) is 26.6 Å². The van der Waals surface area contributed by atoms with Gasteiger partial charge in [-0.05, 0) is 47.4 Å². The summed E-state index contributed by atoms with van der Waals surface area (Å²) in [5.74, 6) is 1.28. The fraction of sp³-hybridized carbons (Fsp3) is 0.409. The largest absolute Gasteiger partial charge is 0.315 e. The first kappa shape index (κ1) is 20.2. The van der Waals surface area contributed by atoms with E-state index in [2.05, 4.69) is 59.7 Å². The number of carbonyl (C=O) groups is 1. The van der Waals surface area contributed by atoms with Gasteiger partial charge in [0.15, 0.2) is 0 Å². The monoisotopic (exact) mass is 420 g/mol. The molecule has 1 aliphatic carbocycles. The van der Waals surface area contributed by atoms with E-state index in [1.807, 2.05) is 12.1 Å². The molecule has 2 heterocycles. The van der Waals surface area contributed by atoms with E-state index in [9.17, 15) is 10.1 Å². The van der Waals surface area contributed by atoms with Crippen LogP contribution in [0.5, 0.6) is 0 Å². The van der Waals surface area contributed by atoms with Crippen LogP contribution >= 0.6 is 11.3 Å². The van der Waals surface area contributed by atoms with Crippen molar-refractivity contribution in [1.29, 1.82) is 5.26 Å². The smallest absolute Gasteiger partial charge is 0.248 e. The maximum Gasteiger partial charge on any atom is 0.248 e. The number of fused-ring (bicyclic) bond motifs is 1. The molecule has 2 aromatic heterocycles. The molecule has 0 radical (unpaired) electrons. The van der Waals surface area contributed by atoms with Crippen molar-refractivity contribution in [2.75, 3.05) is 5.32 Å². The average Bonchev–Trinajstić information content (AvgIpc) is 3.31. The summed E-state index contributed by atoms with van der Waals surface area (Å²) < 4.78 is 0. The highest BCUT2D eigenvalue weighted by molar-refractivity contribution is 7.16. The second-order valence-corrected chi connectivity index (χ2v) is 9.24. The maximum atomic E-state index is 12.6. The molecule has 3 aromatic rings. The van der Waals surface area contributed by atoms with Crippen molar-refractivity contribution in [2.45, 2.75) is 52.5 Å². The minimum absolute atomic E-state index is 0.0546. The number of rotatable bonds is 5. The molecule has 7 nitrogen and oxygen atoms in total. The SMILES string of the molecule is CC(C)c1ccc(-c2nnn(CC(=O)Nc3sc4c(c3C#N)CC[C@H](C)C4)n2)cc1. The van der Waals surface area contributed by atoms with Crippen molar-refractivity contribution >= 4 is 22.2 Å². The van der Waals surface area contributed by atoms with Gasteiger partial charge in [0.25, 0.3) is 0 Å². The molecule has 0 bridgehead atoms. The summed E-state index contributed by atoms with van der Waals surface area (Å²) in [5, 5.41) is 25.5. The Morgan fingerprint density at radius 1 is 1.37 bits per heavy atom. The molecule has 30 heavy (non-hydrogen) atoms. The standard InChI is InChI=1S/C22H24N6OS/c1-13(2)15-5-7-16(8-6-15)21-25-27-28(26-21)12-20(29)24-22-18(11-23)17-9-4-14(3)10-19(17)30-22/h5-8,13-14H,4,9-10,12H2,1-3H3,(H,24,29)/t14-/m0/s1.